The predicted molar refractivity (Wildman–Crippen MR) is 31.0 cm³/mol. The van der Waals surface area contributed by atoms with Crippen LogP contribution in [-0.4, -0.2) is 49.7 Å². The van der Waals surface area contributed by atoms with Gasteiger partial charge in [-0.3, -0.25) is 9.59 Å². The van der Waals surface area contributed by atoms with Crippen molar-refractivity contribution in [1.82, 2.24) is 0 Å². The molecule has 0 saturated carbocycles. The molecule has 3 nitrogen and oxygen atoms in total. The van der Waals surface area contributed by atoms with Gasteiger partial charge in [0.05, 0.1) is 0 Å². The summed E-state index contributed by atoms with van der Waals surface area (Å²) in [6.07, 6.45) is 0. The molecule has 0 N–H and O–H groups in total. The Hall–Kier alpha value is 0.400. The molecular formula is C4H8CaO3. The van der Waals surface area contributed by atoms with Gasteiger partial charge in [-0.1, -0.05) is 0 Å². The van der Waals surface area contributed by atoms with Gasteiger partial charge in [-0.05, 0) is 0 Å². The fourth-order valence-corrected chi connectivity index (χ4v) is 0.202. The fraction of sp³-hybridized carbons (Fsp3) is 0.500. The van der Waals surface area contributed by atoms with E-state index in [1.807, 2.05) is 0 Å². The van der Waals surface area contributed by atoms with Crippen molar-refractivity contribution in [2.24, 2.45) is 0 Å². The first-order valence-corrected chi connectivity index (χ1v) is 1.82. The molecule has 0 bridgehead atoms. The number of hydrogen-bond acceptors (Lipinski definition) is 3. The molecule has 0 spiro atoms. The third-order valence-electron chi connectivity index (χ3n) is 0.287. The SMILES string of the molecule is CC(=O)OC(C)=O.[CaH2]. The number of carbonyl (C=O) groups excluding carboxylic acids is 2. The van der Waals surface area contributed by atoms with E-state index in [4.69, 9.17) is 0 Å². The van der Waals surface area contributed by atoms with E-state index in [9.17, 15) is 9.59 Å². The average Bonchev–Trinajstić information content (AvgIpc) is 1.27. The van der Waals surface area contributed by atoms with Gasteiger partial charge in [0.15, 0.2) is 0 Å². The summed E-state index contributed by atoms with van der Waals surface area (Å²) in [6.45, 7) is 2.36. The first-order valence-electron chi connectivity index (χ1n) is 1.82. The van der Waals surface area contributed by atoms with E-state index in [2.05, 4.69) is 4.74 Å². The molecule has 0 amide bonds. The molecular weight excluding hydrogens is 136 g/mol. The number of esters is 2. The van der Waals surface area contributed by atoms with Gasteiger partial charge in [-0.2, -0.15) is 0 Å². The molecule has 8 heavy (non-hydrogen) atoms. The first kappa shape index (κ1) is 11.2. The van der Waals surface area contributed by atoms with Crippen LogP contribution in [0.2, 0.25) is 0 Å². The first-order chi connectivity index (χ1) is 3.13. The molecule has 0 aliphatic heterocycles. The van der Waals surface area contributed by atoms with Gasteiger partial charge in [-0.15, -0.1) is 0 Å². The van der Waals surface area contributed by atoms with Gasteiger partial charge in [0.2, 0.25) is 0 Å². The quantitative estimate of drug-likeness (QED) is 0.253. The van der Waals surface area contributed by atoms with Crippen molar-refractivity contribution in [2.75, 3.05) is 0 Å². The topological polar surface area (TPSA) is 43.4 Å². The zero-order valence-electron chi connectivity index (χ0n) is 4.22. The molecule has 0 aromatic carbocycles. The third-order valence-corrected chi connectivity index (χ3v) is 0.287. The molecule has 0 aliphatic rings. The molecule has 0 unspecified atom stereocenters. The van der Waals surface area contributed by atoms with Crippen LogP contribution >= 0.6 is 0 Å². The van der Waals surface area contributed by atoms with Gasteiger partial charge >= 0.3 is 49.7 Å². The van der Waals surface area contributed by atoms with Crippen LogP contribution in [0.4, 0.5) is 0 Å². The fourth-order valence-electron chi connectivity index (χ4n) is 0.202. The van der Waals surface area contributed by atoms with Crippen molar-refractivity contribution in [3.63, 3.8) is 0 Å². The summed E-state index contributed by atoms with van der Waals surface area (Å²) in [5.41, 5.74) is 0. The Bertz CT molecular complexity index is 87.5. The van der Waals surface area contributed by atoms with Crippen LogP contribution in [0.15, 0.2) is 0 Å². The summed E-state index contributed by atoms with van der Waals surface area (Å²) in [6, 6.07) is 0. The maximum atomic E-state index is 9.81. The predicted octanol–water partition coefficient (Wildman–Crippen LogP) is -0.820. The summed E-state index contributed by atoms with van der Waals surface area (Å²) in [7, 11) is 0. The van der Waals surface area contributed by atoms with Crippen molar-refractivity contribution in [3.05, 3.63) is 0 Å². The molecule has 0 radical (unpaired) electrons. The molecule has 4 heteroatoms. The molecule has 0 rings (SSSR count). The van der Waals surface area contributed by atoms with E-state index < -0.39 is 11.9 Å². The Morgan fingerprint density at radius 2 is 1.38 bits per heavy atom. The molecule has 0 heterocycles. The molecule has 0 aromatic rings. The van der Waals surface area contributed by atoms with E-state index in [1.54, 1.807) is 0 Å². The van der Waals surface area contributed by atoms with E-state index in [0.717, 1.165) is 0 Å². The molecule has 44 valence electrons. The third kappa shape index (κ3) is 9.64. The number of hydrogen-bond donors (Lipinski definition) is 0. The Balaban J connectivity index is 0. The van der Waals surface area contributed by atoms with Crippen LogP contribution in [0.3, 0.4) is 0 Å². The minimum absolute atomic E-state index is 0. The van der Waals surface area contributed by atoms with Gasteiger partial charge in [-0.25, -0.2) is 0 Å². The monoisotopic (exact) mass is 144 g/mol. The molecule has 0 aromatic heterocycles. The van der Waals surface area contributed by atoms with Gasteiger partial charge < -0.3 is 4.74 Å². The van der Waals surface area contributed by atoms with Crippen LogP contribution in [0.5, 0.6) is 0 Å². The molecule has 0 aliphatic carbocycles. The second-order valence-corrected chi connectivity index (χ2v) is 1.09. The second-order valence-electron chi connectivity index (χ2n) is 1.09. The standard InChI is InChI=1S/C4H6O3.Ca.2H/c1-3(5)7-4(2)6;;;/h1-2H3;;;. The summed E-state index contributed by atoms with van der Waals surface area (Å²) in [4.78, 5) is 19.6. The Morgan fingerprint density at radius 3 is 1.38 bits per heavy atom. The van der Waals surface area contributed by atoms with Crippen molar-refractivity contribution in [2.45, 2.75) is 13.8 Å². The van der Waals surface area contributed by atoms with E-state index in [0.29, 0.717) is 0 Å². The van der Waals surface area contributed by atoms with Crippen molar-refractivity contribution in [3.8, 4) is 0 Å². The van der Waals surface area contributed by atoms with Crippen LogP contribution in [0.25, 0.3) is 0 Å². The normalized spacial score (nSPS) is 6.75. The van der Waals surface area contributed by atoms with Crippen LogP contribution in [0.1, 0.15) is 13.8 Å². The van der Waals surface area contributed by atoms with Gasteiger partial charge in [0, 0.05) is 13.8 Å². The van der Waals surface area contributed by atoms with Gasteiger partial charge in [0.25, 0.3) is 0 Å². The number of rotatable bonds is 0. The zero-order chi connectivity index (χ0) is 5.86. The van der Waals surface area contributed by atoms with Crippen molar-refractivity contribution < 1.29 is 14.3 Å². The van der Waals surface area contributed by atoms with E-state index in [1.165, 1.54) is 13.8 Å². The van der Waals surface area contributed by atoms with E-state index >= 15 is 0 Å². The summed E-state index contributed by atoms with van der Waals surface area (Å²) < 4.78 is 3.97. The minimum atomic E-state index is -0.562. The maximum absolute atomic E-state index is 9.81. The molecule has 0 saturated heterocycles. The Kier molecular flexibility index (Phi) is 7.77. The average molecular weight is 144 g/mol. The summed E-state index contributed by atoms with van der Waals surface area (Å²) >= 11 is 0. The van der Waals surface area contributed by atoms with Crippen molar-refractivity contribution in [1.29, 1.82) is 0 Å². The summed E-state index contributed by atoms with van der Waals surface area (Å²) in [5.74, 6) is -1.12. The second kappa shape index (κ2) is 5.53. The zero-order valence-corrected chi connectivity index (χ0v) is 4.22. The summed E-state index contributed by atoms with van der Waals surface area (Å²) in [5, 5.41) is 0. The Morgan fingerprint density at radius 1 is 1.12 bits per heavy atom. The number of ether oxygens (including phenoxy) is 1. The van der Waals surface area contributed by atoms with E-state index in [-0.39, 0.29) is 37.7 Å². The molecule has 0 fully saturated rings. The van der Waals surface area contributed by atoms with Crippen LogP contribution in [-0.2, 0) is 14.3 Å². The van der Waals surface area contributed by atoms with Gasteiger partial charge in [0.1, 0.15) is 0 Å². The van der Waals surface area contributed by atoms with Crippen LogP contribution < -0.4 is 0 Å². The van der Waals surface area contributed by atoms with Crippen molar-refractivity contribution >= 4 is 49.7 Å². The number of carbonyl (C=O) groups is 2. The van der Waals surface area contributed by atoms with Crippen LogP contribution in [0, 0.1) is 0 Å². The Labute approximate surface area is 77.4 Å². The molecule has 0 atom stereocenters.